The highest BCUT2D eigenvalue weighted by molar-refractivity contribution is 6.39. The summed E-state index contributed by atoms with van der Waals surface area (Å²) in [7, 11) is 1.30. The fraction of sp³-hybridized carbons (Fsp3) is 0.412. The number of ether oxygens (including phenoxy) is 1. The van der Waals surface area contributed by atoms with Crippen molar-refractivity contribution in [3.05, 3.63) is 29.8 Å². The maximum atomic E-state index is 12.3. The highest BCUT2D eigenvalue weighted by atomic mass is 16.5. The highest BCUT2D eigenvalue weighted by Crippen LogP contribution is 2.12. The van der Waals surface area contributed by atoms with Crippen molar-refractivity contribution < 1.29 is 23.9 Å². The Balaban J connectivity index is 1.98. The van der Waals surface area contributed by atoms with Gasteiger partial charge < -0.3 is 19.9 Å². The Labute approximate surface area is 145 Å². The summed E-state index contributed by atoms with van der Waals surface area (Å²) in [6, 6.07) is 6.40. The van der Waals surface area contributed by atoms with Crippen molar-refractivity contribution in [1.29, 1.82) is 0 Å². The Morgan fingerprint density at radius 2 is 1.72 bits per heavy atom. The summed E-state index contributed by atoms with van der Waals surface area (Å²) in [6.45, 7) is 2.85. The lowest BCUT2D eigenvalue weighted by Crippen LogP contribution is -2.42. The molecule has 8 nitrogen and oxygen atoms in total. The molecule has 0 aliphatic carbocycles. The van der Waals surface area contributed by atoms with Crippen LogP contribution in [0.3, 0.4) is 0 Å². The van der Waals surface area contributed by atoms with Gasteiger partial charge in [0.15, 0.2) is 5.78 Å². The number of rotatable bonds is 2. The first-order valence-electron chi connectivity index (χ1n) is 7.96. The van der Waals surface area contributed by atoms with Gasteiger partial charge in [-0.1, -0.05) is 12.1 Å². The number of carbonyl (C=O) groups is 4. The lowest BCUT2D eigenvalue weighted by atomic mass is 10.1. The van der Waals surface area contributed by atoms with Gasteiger partial charge in [0, 0.05) is 37.4 Å². The summed E-state index contributed by atoms with van der Waals surface area (Å²) < 4.78 is 4.67. The quantitative estimate of drug-likeness (QED) is 0.639. The van der Waals surface area contributed by atoms with E-state index in [1.54, 1.807) is 18.2 Å². The number of methoxy groups -OCH3 is 1. The van der Waals surface area contributed by atoms with Crippen molar-refractivity contribution >= 4 is 29.4 Å². The Hall–Kier alpha value is -2.90. The Bertz CT molecular complexity index is 689. The Kier molecular flexibility index (Phi) is 6.10. The third-order valence-corrected chi connectivity index (χ3v) is 3.94. The molecule has 0 unspecified atom stereocenters. The minimum Gasteiger partial charge on any atom is -0.453 e. The molecule has 1 fully saturated rings. The third-order valence-electron chi connectivity index (χ3n) is 3.94. The zero-order chi connectivity index (χ0) is 18.4. The topological polar surface area (TPSA) is 96.0 Å². The van der Waals surface area contributed by atoms with E-state index in [0.29, 0.717) is 37.3 Å². The molecule has 1 heterocycles. The van der Waals surface area contributed by atoms with Crippen molar-refractivity contribution in [1.82, 2.24) is 9.80 Å². The van der Waals surface area contributed by atoms with Crippen molar-refractivity contribution in [3.8, 4) is 0 Å². The summed E-state index contributed by atoms with van der Waals surface area (Å²) in [5.41, 5.74) is 0.839. The number of anilines is 1. The number of hydrogen-bond donors (Lipinski definition) is 1. The molecule has 0 aromatic heterocycles. The lowest BCUT2D eigenvalue weighted by Gasteiger charge is -2.20. The summed E-state index contributed by atoms with van der Waals surface area (Å²) >= 11 is 0. The average molecular weight is 347 g/mol. The van der Waals surface area contributed by atoms with Crippen LogP contribution in [0, 0.1) is 0 Å². The van der Waals surface area contributed by atoms with Crippen LogP contribution in [-0.4, -0.2) is 66.8 Å². The van der Waals surface area contributed by atoms with E-state index >= 15 is 0 Å². The van der Waals surface area contributed by atoms with E-state index in [-0.39, 0.29) is 12.3 Å². The predicted octanol–water partition coefficient (Wildman–Crippen LogP) is 1.13. The molecule has 3 amide bonds. The van der Waals surface area contributed by atoms with E-state index < -0.39 is 17.9 Å². The van der Waals surface area contributed by atoms with Crippen LogP contribution in [0.5, 0.6) is 0 Å². The van der Waals surface area contributed by atoms with Crippen LogP contribution >= 0.6 is 0 Å². The molecular weight excluding hydrogens is 326 g/mol. The Morgan fingerprint density at radius 3 is 2.40 bits per heavy atom. The van der Waals surface area contributed by atoms with Gasteiger partial charge in [-0.2, -0.15) is 0 Å². The van der Waals surface area contributed by atoms with Crippen LogP contribution in [0.25, 0.3) is 0 Å². The smallest absolute Gasteiger partial charge is 0.409 e. The van der Waals surface area contributed by atoms with Crippen LogP contribution in [0.2, 0.25) is 0 Å². The molecule has 2 rings (SSSR count). The second-order valence-corrected chi connectivity index (χ2v) is 5.69. The molecule has 0 saturated carbocycles. The van der Waals surface area contributed by atoms with Crippen molar-refractivity contribution in [2.24, 2.45) is 0 Å². The van der Waals surface area contributed by atoms with E-state index in [2.05, 4.69) is 10.1 Å². The second kappa shape index (κ2) is 8.27. The average Bonchev–Trinajstić information content (AvgIpc) is 2.86. The van der Waals surface area contributed by atoms with E-state index in [9.17, 15) is 19.2 Å². The molecule has 1 N–H and O–H groups in total. The molecule has 0 bridgehead atoms. The zero-order valence-electron chi connectivity index (χ0n) is 14.3. The van der Waals surface area contributed by atoms with Crippen molar-refractivity contribution in [2.45, 2.75) is 13.3 Å². The van der Waals surface area contributed by atoms with Gasteiger partial charge in [-0.15, -0.1) is 0 Å². The Morgan fingerprint density at radius 1 is 1.04 bits per heavy atom. The molecular formula is C17H21N3O5. The molecule has 134 valence electrons. The molecule has 25 heavy (non-hydrogen) atoms. The normalized spacial score (nSPS) is 14.5. The predicted molar refractivity (Wildman–Crippen MR) is 90.3 cm³/mol. The number of carbonyl (C=O) groups excluding carboxylic acids is 4. The summed E-state index contributed by atoms with van der Waals surface area (Å²) in [5, 5.41) is 2.51. The monoisotopic (exact) mass is 347 g/mol. The minimum atomic E-state index is -0.771. The zero-order valence-corrected chi connectivity index (χ0v) is 14.3. The molecule has 1 aliphatic rings. The maximum absolute atomic E-state index is 12.3. The van der Waals surface area contributed by atoms with Gasteiger partial charge in [-0.05, 0) is 25.5 Å². The van der Waals surface area contributed by atoms with Gasteiger partial charge in [0.1, 0.15) is 0 Å². The van der Waals surface area contributed by atoms with Gasteiger partial charge in [-0.3, -0.25) is 14.4 Å². The van der Waals surface area contributed by atoms with Crippen LogP contribution < -0.4 is 5.32 Å². The maximum Gasteiger partial charge on any atom is 0.409 e. The molecule has 0 radical (unpaired) electrons. The first-order chi connectivity index (χ1) is 11.9. The van der Waals surface area contributed by atoms with Crippen LogP contribution in [-0.2, 0) is 14.3 Å². The minimum absolute atomic E-state index is 0.127. The summed E-state index contributed by atoms with van der Waals surface area (Å²) in [6.07, 6.45) is 0.119. The lowest BCUT2D eigenvalue weighted by molar-refractivity contribution is -0.143. The van der Waals surface area contributed by atoms with E-state index in [0.717, 1.165) is 0 Å². The number of nitrogens with zero attached hydrogens (tertiary/aromatic N) is 2. The summed E-state index contributed by atoms with van der Waals surface area (Å²) in [4.78, 5) is 50.4. The molecule has 0 spiro atoms. The fourth-order valence-electron chi connectivity index (χ4n) is 2.58. The fourth-order valence-corrected chi connectivity index (χ4v) is 2.58. The first kappa shape index (κ1) is 18.4. The van der Waals surface area contributed by atoms with Gasteiger partial charge >= 0.3 is 17.9 Å². The van der Waals surface area contributed by atoms with Gasteiger partial charge in [0.25, 0.3) is 0 Å². The molecule has 1 saturated heterocycles. The largest absolute Gasteiger partial charge is 0.453 e. The SMILES string of the molecule is COC(=O)N1CCCN(C(=O)C(=O)Nc2cccc(C(C)=O)c2)CC1. The van der Waals surface area contributed by atoms with Gasteiger partial charge in [-0.25, -0.2) is 4.79 Å². The molecule has 8 heteroatoms. The van der Waals surface area contributed by atoms with E-state index in [1.165, 1.54) is 29.9 Å². The highest BCUT2D eigenvalue weighted by Gasteiger charge is 2.26. The molecule has 1 aromatic carbocycles. The second-order valence-electron chi connectivity index (χ2n) is 5.69. The van der Waals surface area contributed by atoms with E-state index in [4.69, 9.17) is 0 Å². The number of Topliss-reactive ketones (excluding diaryl/α,β-unsaturated/α-hetero) is 1. The number of benzene rings is 1. The molecule has 1 aliphatic heterocycles. The summed E-state index contributed by atoms with van der Waals surface area (Å²) in [5.74, 6) is -1.56. The first-order valence-corrected chi connectivity index (χ1v) is 7.96. The van der Waals surface area contributed by atoms with Gasteiger partial charge in [0.05, 0.1) is 7.11 Å². The molecule has 0 atom stereocenters. The molecule has 1 aromatic rings. The number of nitrogens with one attached hydrogen (secondary N) is 1. The van der Waals surface area contributed by atoms with Crippen molar-refractivity contribution in [3.63, 3.8) is 0 Å². The number of hydrogen-bond acceptors (Lipinski definition) is 5. The third kappa shape index (κ3) is 4.79. The van der Waals surface area contributed by atoms with E-state index in [1.807, 2.05) is 0 Å². The number of ketones is 1. The standard InChI is InChI=1S/C17H21N3O5/c1-12(21)13-5-3-6-14(11-13)18-15(22)16(23)19-7-4-8-20(10-9-19)17(24)25-2/h3,5-6,11H,4,7-10H2,1-2H3,(H,18,22). The van der Waals surface area contributed by atoms with Crippen LogP contribution in [0.15, 0.2) is 24.3 Å². The van der Waals surface area contributed by atoms with Crippen molar-refractivity contribution in [2.75, 3.05) is 38.6 Å². The van der Waals surface area contributed by atoms with Crippen LogP contribution in [0.1, 0.15) is 23.7 Å². The van der Waals surface area contributed by atoms with Crippen LogP contribution in [0.4, 0.5) is 10.5 Å². The van der Waals surface area contributed by atoms with Gasteiger partial charge in [0.2, 0.25) is 0 Å². The number of amides is 3.